The molecule has 14 heteroatoms. The van der Waals surface area contributed by atoms with Crippen molar-refractivity contribution < 1.29 is 38.1 Å². The molecule has 12 nitrogen and oxygen atoms in total. The van der Waals surface area contributed by atoms with Crippen molar-refractivity contribution in [2.75, 3.05) is 26.9 Å². The van der Waals surface area contributed by atoms with Crippen LogP contribution in [0.4, 0.5) is 4.79 Å². The second-order valence-corrected chi connectivity index (χ2v) is 12.4. The average molecular weight is 868 g/mol. The van der Waals surface area contributed by atoms with Crippen molar-refractivity contribution in [3.63, 3.8) is 0 Å². The van der Waals surface area contributed by atoms with Crippen LogP contribution in [0, 0.1) is 7.14 Å². The lowest BCUT2D eigenvalue weighted by atomic mass is 9.95. The lowest BCUT2D eigenvalue weighted by Gasteiger charge is -2.28. The Morgan fingerprint density at radius 3 is 2.43 bits per heavy atom. The first-order valence-corrected chi connectivity index (χ1v) is 16.7. The van der Waals surface area contributed by atoms with Gasteiger partial charge < -0.3 is 34.3 Å². The van der Waals surface area contributed by atoms with Crippen LogP contribution in [0.3, 0.4) is 0 Å². The number of halogens is 2. The lowest BCUT2D eigenvalue weighted by molar-refractivity contribution is -0.139. The van der Waals surface area contributed by atoms with Gasteiger partial charge in [-0.25, -0.2) is 15.0 Å². The third-order valence-corrected chi connectivity index (χ3v) is 8.20. The third kappa shape index (κ3) is 9.73. The predicted molar refractivity (Wildman–Crippen MR) is 192 cm³/mol. The standard InChI is InChI=1S/C33H34I2N4O8/c1-5-44-27-14-21(13-24(35)31(27)47-17-20-7-10-23(34)11-8-20)16-36-39-28(40)18-46-25-12-9-22(15-26(25)43-4)30-29(32(41)45-6-2)19(3)37-33(42)38-30/h7-16,30H,5-6,17-18H2,1-4H3,(H,39,40)(H2,37,38,42)/b36-16-/t30-/m1/s1. The maximum Gasteiger partial charge on any atom is 0.338 e. The molecule has 3 aromatic carbocycles. The molecule has 0 radical (unpaired) electrons. The summed E-state index contributed by atoms with van der Waals surface area (Å²) < 4.78 is 30.3. The van der Waals surface area contributed by atoms with Crippen molar-refractivity contribution in [2.24, 2.45) is 5.10 Å². The van der Waals surface area contributed by atoms with E-state index in [2.05, 4.69) is 66.3 Å². The van der Waals surface area contributed by atoms with Gasteiger partial charge in [-0.15, -0.1) is 0 Å². The Morgan fingerprint density at radius 1 is 0.957 bits per heavy atom. The number of carbonyl (C=O) groups is 3. The molecule has 248 valence electrons. The van der Waals surface area contributed by atoms with E-state index in [9.17, 15) is 14.4 Å². The number of nitrogens with one attached hydrogen (secondary N) is 3. The van der Waals surface area contributed by atoms with Gasteiger partial charge >= 0.3 is 12.0 Å². The van der Waals surface area contributed by atoms with Crippen LogP contribution >= 0.6 is 45.2 Å². The minimum absolute atomic E-state index is 0.183. The van der Waals surface area contributed by atoms with Gasteiger partial charge in [0.1, 0.15) is 6.61 Å². The first kappa shape index (κ1) is 35.8. The van der Waals surface area contributed by atoms with Gasteiger partial charge in [0, 0.05) is 9.27 Å². The summed E-state index contributed by atoms with van der Waals surface area (Å²) in [6.45, 7) is 5.90. The molecule has 1 aliphatic heterocycles. The fourth-order valence-corrected chi connectivity index (χ4v) is 5.70. The molecule has 3 amide bonds. The monoisotopic (exact) mass is 868 g/mol. The third-order valence-electron chi connectivity index (χ3n) is 6.68. The zero-order valence-electron chi connectivity index (χ0n) is 26.1. The molecular formula is C33H34I2N4O8. The van der Waals surface area contributed by atoms with Crippen LogP contribution < -0.4 is 35.0 Å². The molecule has 0 unspecified atom stereocenters. The Hall–Kier alpha value is -4.06. The fraction of sp³-hybridized carbons (Fsp3) is 0.273. The minimum atomic E-state index is -0.775. The molecular weight excluding hydrogens is 834 g/mol. The van der Waals surface area contributed by atoms with E-state index < -0.39 is 23.9 Å². The summed E-state index contributed by atoms with van der Waals surface area (Å²) >= 11 is 4.44. The first-order valence-electron chi connectivity index (χ1n) is 14.5. The number of nitrogens with zero attached hydrogens (tertiary/aromatic N) is 1. The summed E-state index contributed by atoms with van der Waals surface area (Å²) in [5, 5.41) is 9.41. The van der Waals surface area contributed by atoms with E-state index in [4.69, 9.17) is 23.7 Å². The summed E-state index contributed by atoms with van der Waals surface area (Å²) in [6, 6.07) is 15.4. The zero-order chi connectivity index (χ0) is 33.9. The van der Waals surface area contributed by atoms with Gasteiger partial charge in [-0.1, -0.05) is 18.2 Å². The number of hydrogen-bond acceptors (Lipinski definition) is 9. The molecule has 1 heterocycles. The van der Waals surface area contributed by atoms with Crippen molar-refractivity contribution in [2.45, 2.75) is 33.4 Å². The number of carbonyl (C=O) groups excluding carboxylic acids is 3. The molecule has 1 atom stereocenters. The number of rotatable bonds is 14. The van der Waals surface area contributed by atoms with E-state index in [1.54, 1.807) is 38.1 Å². The number of esters is 1. The van der Waals surface area contributed by atoms with Crippen LogP contribution in [0.2, 0.25) is 0 Å². The normalized spacial score (nSPS) is 14.3. The minimum Gasteiger partial charge on any atom is -0.493 e. The van der Waals surface area contributed by atoms with Crippen LogP contribution in [0.1, 0.15) is 43.5 Å². The van der Waals surface area contributed by atoms with Gasteiger partial charge in [0.25, 0.3) is 5.91 Å². The molecule has 0 spiro atoms. The maximum atomic E-state index is 12.6. The second kappa shape index (κ2) is 17.2. The number of methoxy groups -OCH3 is 1. The number of hydrogen-bond donors (Lipinski definition) is 3. The molecule has 3 N–H and O–H groups in total. The molecule has 0 aliphatic carbocycles. The summed E-state index contributed by atoms with van der Waals surface area (Å²) in [4.78, 5) is 37.4. The van der Waals surface area contributed by atoms with E-state index in [1.807, 2.05) is 37.3 Å². The van der Waals surface area contributed by atoms with E-state index in [0.29, 0.717) is 47.3 Å². The molecule has 0 aromatic heterocycles. The highest BCUT2D eigenvalue weighted by Gasteiger charge is 2.32. The fourth-order valence-electron chi connectivity index (χ4n) is 4.56. The highest BCUT2D eigenvalue weighted by atomic mass is 127. The van der Waals surface area contributed by atoms with Crippen LogP contribution in [0.25, 0.3) is 0 Å². The van der Waals surface area contributed by atoms with E-state index in [0.717, 1.165) is 12.7 Å². The van der Waals surface area contributed by atoms with Crippen molar-refractivity contribution >= 4 is 69.3 Å². The Morgan fingerprint density at radius 2 is 1.72 bits per heavy atom. The molecule has 1 aliphatic rings. The second-order valence-electron chi connectivity index (χ2n) is 9.96. The molecule has 0 bridgehead atoms. The predicted octanol–water partition coefficient (Wildman–Crippen LogP) is 5.60. The van der Waals surface area contributed by atoms with Gasteiger partial charge in [-0.2, -0.15) is 5.10 Å². The number of ether oxygens (including phenoxy) is 5. The molecule has 4 rings (SSSR count). The van der Waals surface area contributed by atoms with Crippen LogP contribution in [-0.2, 0) is 20.9 Å². The van der Waals surface area contributed by atoms with Gasteiger partial charge in [-0.05, 0) is 119 Å². The number of allylic oxidation sites excluding steroid dienone is 1. The number of benzene rings is 3. The Balaban J connectivity index is 1.38. The largest absolute Gasteiger partial charge is 0.493 e. The number of hydrazone groups is 1. The Bertz CT molecular complexity index is 1680. The summed E-state index contributed by atoms with van der Waals surface area (Å²) in [7, 11) is 1.45. The van der Waals surface area contributed by atoms with Crippen LogP contribution in [0.15, 0.2) is 71.0 Å². The van der Waals surface area contributed by atoms with Crippen molar-refractivity contribution in [3.05, 3.63) is 89.7 Å². The molecule has 0 saturated carbocycles. The van der Waals surface area contributed by atoms with Gasteiger partial charge in [0.05, 0.1) is 41.7 Å². The van der Waals surface area contributed by atoms with Crippen molar-refractivity contribution in [3.8, 4) is 23.0 Å². The van der Waals surface area contributed by atoms with E-state index in [1.165, 1.54) is 13.3 Å². The average Bonchev–Trinajstić information content (AvgIpc) is 3.04. The van der Waals surface area contributed by atoms with Crippen LogP contribution in [0.5, 0.6) is 23.0 Å². The SMILES string of the molecule is CCOC(=O)C1=C(C)NC(=O)N[C@@H]1c1ccc(OCC(=O)N/N=C\c2cc(I)c(OCc3ccc(I)cc3)c(OCC)c2)c(OC)c1. The summed E-state index contributed by atoms with van der Waals surface area (Å²) in [5.41, 5.74) is 5.42. The molecule has 0 saturated heterocycles. The topological polar surface area (TPSA) is 146 Å². The molecule has 3 aromatic rings. The maximum absolute atomic E-state index is 12.6. The lowest BCUT2D eigenvalue weighted by Crippen LogP contribution is -2.45. The van der Waals surface area contributed by atoms with Gasteiger partial charge in [0.15, 0.2) is 29.6 Å². The highest BCUT2D eigenvalue weighted by Crippen LogP contribution is 2.36. The zero-order valence-corrected chi connectivity index (χ0v) is 30.5. The Kier molecular flexibility index (Phi) is 13.1. The first-order chi connectivity index (χ1) is 22.6. The van der Waals surface area contributed by atoms with Crippen molar-refractivity contribution in [1.29, 1.82) is 0 Å². The van der Waals surface area contributed by atoms with E-state index >= 15 is 0 Å². The highest BCUT2D eigenvalue weighted by molar-refractivity contribution is 14.1. The van der Waals surface area contributed by atoms with E-state index in [-0.39, 0.29) is 24.5 Å². The summed E-state index contributed by atoms with van der Waals surface area (Å²) in [6.07, 6.45) is 1.50. The smallest absolute Gasteiger partial charge is 0.338 e. The molecule has 47 heavy (non-hydrogen) atoms. The quantitative estimate of drug-likeness (QED) is 0.0823. The number of amides is 3. The van der Waals surface area contributed by atoms with Crippen LogP contribution in [-0.4, -0.2) is 51.1 Å². The summed E-state index contributed by atoms with van der Waals surface area (Å²) in [5.74, 6) is 0.732. The molecule has 0 fully saturated rings. The van der Waals surface area contributed by atoms with Gasteiger partial charge in [0.2, 0.25) is 0 Å². The Labute approximate surface area is 299 Å². The number of urea groups is 1. The van der Waals surface area contributed by atoms with Crippen molar-refractivity contribution in [1.82, 2.24) is 16.1 Å². The van der Waals surface area contributed by atoms with Gasteiger partial charge in [-0.3, -0.25) is 4.79 Å².